The number of nitrogens with zero attached hydrogens (tertiary/aromatic N) is 2. The topological polar surface area (TPSA) is 99.3 Å². The van der Waals surface area contributed by atoms with Crippen LogP contribution >= 0.6 is 0 Å². The van der Waals surface area contributed by atoms with Gasteiger partial charge in [-0.15, -0.1) is 0 Å². The molecule has 2 N–H and O–H groups in total. The minimum absolute atomic E-state index is 0.201. The number of ether oxygens (including phenoxy) is 2. The maximum absolute atomic E-state index is 12.3. The highest BCUT2D eigenvalue weighted by Gasteiger charge is 2.57. The number of benzene rings is 1. The van der Waals surface area contributed by atoms with E-state index in [4.69, 9.17) is 24.5 Å². The first-order chi connectivity index (χ1) is 14.3. The van der Waals surface area contributed by atoms with Crippen molar-refractivity contribution in [2.24, 2.45) is 11.3 Å². The van der Waals surface area contributed by atoms with Crippen LogP contribution in [0.1, 0.15) is 24.8 Å². The predicted molar refractivity (Wildman–Crippen MR) is 112 cm³/mol. The van der Waals surface area contributed by atoms with Gasteiger partial charge in [-0.2, -0.15) is 0 Å². The number of amides is 1. The lowest BCUT2D eigenvalue weighted by atomic mass is 9.89. The largest absolute Gasteiger partial charge is 0.504 e. The van der Waals surface area contributed by atoms with E-state index in [0.29, 0.717) is 17.9 Å². The van der Waals surface area contributed by atoms with Gasteiger partial charge in [-0.1, -0.05) is 30.3 Å². The summed E-state index contributed by atoms with van der Waals surface area (Å²) in [6.45, 7) is 1.88. The summed E-state index contributed by atoms with van der Waals surface area (Å²) in [4.78, 5) is 22.7. The van der Waals surface area contributed by atoms with E-state index in [2.05, 4.69) is 10.8 Å². The predicted octanol–water partition coefficient (Wildman–Crippen LogP) is 3.52. The second kappa shape index (κ2) is 10.7. The van der Waals surface area contributed by atoms with Gasteiger partial charge in [-0.05, 0) is 36.2 Å². The summed E-state index contributed by atoms with van der Waals surface area (Å²) in [5.41, 5.74) is 2.59. The van der Waals surface area contributed by atoms with E-state index in [0.717, 1.165) is 31.5 Å². The quantitative estimate of drug-likeness (QED) is 0.430. The average molecular weight is 419 g/mol. The normalized spacial score (nSPS) is 19.2. The van der Waals surface area contributed by atoms with Crippen LogP contribution in [-0.4, -0.2) is 72.4 Å². The summed E-state index contributed by atoms with van der Waals surface area (Å²) in [5, 5.41) is 13.9. The van der Waals surface area contributed by atoms with Crippen molar-refractivity contribution in [2.45, 2.75) is 25.9 Å². The van der Waals surface area contributed by atoms with E-state index in [1.165, 1.54) is 12.0 Å². The van der Waals surface area contributed by atoms with E-state index < -0.39 is 6.16 Å². The van der Waals surface area contributed by atoms with Crippen LogP contribution in [0.2, 0.25) is 0 Å². The molecule has 164 valence electrons. The molecule has 1 aromatic rings. The fourth-order valence-corrected chi connectivity index (χ4v) is 3.95. The summed E-state index contributed by atoms with van der Waals surface area (Å²) in [6, 6.07) is 9.81. The molecule has 1 unspecified atom stereocenters. The number of piperidine rings is 1. The molecule has 1 aromatic carbocycles. The molecule has 1 aliphatic heterocycles. The number of allylic oxidation sites excluding steroid dienone is 1. The third-order valence-corrected chi connectivity index (χ3v) is 5.48. The smallest absolute Gasteiger partial charge is 0.503 e. The summed E-state index contributed by atoms with van der Waals surface area (Å²) >= 11 is 0. The number of carbonyl (C=O) groups is 2. The summed E-state index contributed by atoms with van der Waals surface area (Å²) in [7, 11) is 5.76. The van der Waals surface area contributed by atoms with Crippen molar-refractivity contribution in [1.29, 1.82) is 0 Å². The SMILES string of the molecule is COC=C(C=[N+](C)C)C1CC12CCN(C(=O)OCc1ccccc1)CC2.O=C(O)O. The van der Waals surface area contributed by atoms with Gasteiger partial charge in [0.1, 0.15) is 20.7 Å². The third kappa shape index (κ3) is 6.79. The van der Waals surface area contributed by atoms with E-state index in [1.807, 2.05) is 55.6 Å². The zero-order chi connectivity index (χ0) is 22.1. The lowest BCUT2D eigenvalue weighted by Gasteiger charge is -2.32. The van der Waals surface area contributed by atoms with Gasteiger partial charge in [-0.25, -0.2) is 14.2 Å². The Kier molecular flexibility index (Phi) is 8.26. The zero-order valence-corrected chi connectivity index (χ0v) is 17.8. The lowest BCUT2D eigenvalue weighted by Crippen LogP contribution is -2.40. The number of hydrogen-bond donors (Lipinski definition) is 2. The zero-order valence-electron chi connectivity index (χ0n) is 17.8. The highest BCUT2D eigenvalue weighted by molar-refractivity contribution is 5.76. The first-order valence-electron chi connectivity index (χ1n) is 9.89. The van der Waals surface area contributed by atoms with Crippen LogP contribution in [0.4, 0.5) is 9.59 Å². The molecule has 1 aliphatic carbocycles. The van der Waals surface area contributed by atoms with Crippen molar-refractivity contribution in [3.05, 3.63) is 47.7 Å². The Morgan fingerprint density at radius 3 is 2.33 bits per heavy atom. The van der Waals surface area contributed by atoms with Gasteiger partial charge in [-0.3, -0.25) is 0 Å². The van der Waals surface area contributed by atoms with Crippen LogP contribution in [0, 0.1) is 11.3 Å². The van der Waals surface area contributed by atoms with E-state index in [9.17, 15) is 4.79 Å². The number of methoxy groups -OCH3 is 1. The number of carboxylic acid groups (broad SMARTS) is 2. The Balaban J connectivity index is 0.000000735. The van der Waals surface area contributed by atoms with Crippen LogP contribution < -0.4 is 0 Å². The minimum atomic E-state index is -1.83. The molecule has 8 heteroatoms. The maximum atomic E-state index is 12.3. The molecule has 1 atom stereocenters. The molecule has 3 rings (SSSR count). The molecule has 8 nitrogen and oxygen atoms in total. The van der Waals surface area contributed by atoms with Crippen molar-refractivity contribution in [3.8, 4) is 0 Å². The Morgan fingerprint density at radius 1 is 1.20 bits per heavy atom. The van der Waals surface area contributed by atoms with E-state index in [-0.39, 0.29) is 6.09 Å². The Bertz CT molecular complexity index is 774. The number of likely N-dealkylation sites (tertiary alicyclic amines) is 1. The van der Waals surface area contributed by atoms with E-state index >= 15 is 0 Å². The van der Waals surface area contributed by atoms with Gasteiger partial charge in [0.15, 0.2) is 6.21 Å². The minimum Gasteiger partial charge on any atom is -0.504 e. The molecule has 0 aromatic heterocycles. The highest BCUT2D eigenvalue weighted by Crippen LogP contribution is 2.62. The van der Waals surface area contributed by atoms with Crippen molar-refractivity contribution in [3.63, 3.8) is 0 Å². The molecule has 1 heterocycles. The first kappa shape index (κ1) is 23.3. The average Bonchev–Trinajstić information content (AvgIpc) is 3.39. The third-order valence-electron chi connectivity index (χ3n) is 5.48. The van der Waals surface area contributed by atoms with Gasteiger partial charge in [0.2, 0.25) is 0 Å². The van der Waals surface area contributed by atoms with Crippen LogP contribution in [0.15, 0.2) is 42.2 Å². The van der Waals surface area contributed by atoms with Crippen LogP contribution in [0.5, 0.6) is 0 Å². The highest BCUT2D eigenvalue weighted by atomic mass is 16.6. The monoisotopic (exact) mass is 419 g/mol. The molecule has 2 aliphatic rings. The Labute approximate surface area is 177 Å². The molecule has 30 heavy (non-hydrogen) atoms. The second-order valence-corrected chi connectivity index (χ2v) is 7.88. The van der Waals surface area contributed by atoms with Gasteiger partial charge in [0, 0.05) is 13.1 Å². The van der Waals surface area contributed by atoms with Crippen molar-refractivity contribution in [2.75, 3.05) is 34.3 Å². The molecule has 0 bridgehead atoms. The fourth-order valence-electron chi connectivity index (χ4n) is 3.95. The van der Waals surface area contributed by atoms with Crippen LogP contribution in [0.3, 0.4) is 0 Å². The van der Waals surface area contributed by atoms with Gasteiger partial charge >= 0.3 is 12.2 Å². The molecule has 1 amide bonds. The summed E-state index contributed by atoms with van der Waals surface area (Å²) in [5.74, 6) is 0.535. The Morgan fingerprint density at radius 2 is 1.80 bits per heavy atom. The van der Waals surface area contributed by atoms with Crippen LogP contribution in [0.25, 0.3) is 0 Å². The standard InChI is InChI=1S/C21H29N2O3.CH2O3/c1-22(2)14-18(16-25-3)19-13-21(19)9-11-23(12-10-21)20(24)26-15-17-7-5-4-6-8-17;2-1(3)4/h4-8,14,16,19H,9-13,15H2,1-3H3;(H2,2,3,4)/q+1;. The van der Waals surface area contributed by atoms with Crippen molar-refractivity contribution in [1.82, 2.24) is 4.90 Å². The molecule has 1 spiro atoms. The van der Waals surface area contributed by atoms with Crippen molar-refractivity contribution < 1.29 is 33.9 Å². The fraction of sp³-hybridized carbons (Fsp3) is 0.500. The molecule has 1 saturated heterocycles. The number of hydrogen-bond acceptors (Lipinski definition) is 4. The van der Waals surface area contributed by atoms with Crippen molar-refractivity contribution >= 4 is 18.5 Å². The molecular weight excluding hydrogens is 388 g/mol. The van der Waals surface area contributed by atoms with E-state index in [1.54, 1.807) is 7.11 Å². The first-order valence-corrected chi connectivity index (χ1v) is 9.89. The van der Waals surface area contributed by atoms with Gasteiger partial charge in [0.25, 0.3) is 0 Å². The molecule has 2 fully saturated rings. The molecule has 1 saturated carbocycles. The lowest BCUT2D eigenvalue weighted by molar-refractivity contribution is -0.459. The Hall–Kier alpha value is -3.03. The second-order valence-electron chi connectivity index (χ2n) is 7.88. The summed E-state index contributed by atoms with van der Waals surface area (Å²) in [6.07, 6.45) is 5.21. The van der Waals surface area contributed by atoms with Gasteiger partial charge in [0.05, 0.1) is 18.9 Å². The number of rotatable bonds is 5. The van der Waals surface area contributed by atoms with Gasteiger partial charge < -0.3 is 24.6 Å². The molecule has 0 radical (unpaired) electrons. The van der Waals surface area contributed by atoms with Crippen LogP contribution in [-0.2, 0) is 16.1 Å². The number of carbonyl (C=O) groups excluding carboxylic acids is 1. The maximum Gasteiger partial charge on any atom is 0.503 e. The molecular formula is C22H31N2O6+. The summed E-state index contributed by atoms with van der Waals surface area (Å²) < 4.78 is 12.8.